The molecule has 2 amide bonds. The zero-order chi connectivity index (χ0) is 25.6. The van der Waals surface area contributed by atoms with Gasteiger partial charge >= 0.3 is 0 Å². The van der Waals surface area contributed by atoms with Crippen LogP contribution >= 0.6 is 34.8 Å². The van der Waals surface area contributed by atoms with Crippen molar-refractivity contribution in [3.8, 4) is 0 Å². The Morgan fingerprint density at radius 1 is 1.00 bits per heavy atom. The number of halogens is 3. The molecule has 0 heterocycles. The highest BCUT2D eigenvalue weighted by atomic mass is 35.5. The first-order valence-electron chi connectivity index (χ1n) is 10.6. The average Bonchev–Trinajstić information content (AvgIpc) is 2.74. The first-order chi connectivity index (χ1) is 15.9. The number of sulfonamides is 1. The SMILES string of the molecule is CCC(C(=O)NC(C)C)N(Cc1ccccc1Cl)C(=O)CN(c1cccc(Cl)c1Cl)S(C)(=O)=O. The number of nitrogens with one attached hydrogen (secondary N) is 1. The highest BCUT2D eigenvalue weighted by molar-refractivity contribution is 7.92. The zero-order valence-corrected chi connectivity index (χ0v) is 22.5. The maximum Gasteiger partial charge on any atom is 0.244 e. The van der Waals surface area contributed by atoms with Gasteiger partial charge in [0.05, 0.1) is 22.0 Å². The number of carbonyl (C=O) groups excluding carboxylic acids is 2. The van der Waals surface area contributed by atoms with Crippen LogP contribution in [0.25, 0.3) is 0 Å². The van der Waals surface area contributed by atoms with Gasteiger partial charge in [-0.25, -0.2) is 8.42 Å². The average molecular weight is 549 g/mol. The van der Waals surface area contributed by atoms with Gasteiger partial charge in [-0.3, -0.25) is 13.9 Å². The Morgan fingerprint density at radius 2 is 1.62 bits per heavy atom. The molecule has 2 aromatic carbocycles. The number of nitrogens with zero attached hydrogens (tertiary/aromatic N) is 2. The molecule has 1 atom stereocenters. The highest BCUT2D eigenvalue weighted by Gasteiger charge is 2.33. The maximum atomic E-state index is 13.6. The van der Waals surface area contributed by atoms with Crippen LogP contribution in [0.1, 0.15) is 32.8 Å². The molecular weight excluding hydrogens is 521 g/mol. The molecule has 0 aliphatic rings. The van der Waals surface area contributed by atoms with Crippen LogP contribution in [0, 0.1) is 0 Å². The van der Waals surface area contributed by atoms with Crippen LogP contribution in [-0.4, -0.2) is 50.0 Å². The Kier molecular flexibility index (Phi) is 10.1. The summed E-state index contributed by atoms with van der Waals surface area (Å²) in [7, 11) is -3.92. The van der Waals surface area contributed by atoms with E-state index in [-0.39, 0.29) is 34.2 Å². The number of carbonyl (C=O) groups is 2. The van der Waals surface area contributed by atoms with E-state index in [1.807, 2.05) is 13.8 Å². The Labute approximate surface area is 216 Å². The van der Waals surface area contributed by atoms with Gasteiger partial charge in [-0.05, 0) is 44.0 Å². The van der Waals surface area contributed by atoms with E-state index in [1.54, 1.807) is 37.3 Å². The van der Waals surface area contributed by atoms with Crippen LogP contribution in [0.3, 0.4) is 0 Å². The molecule has 0 spiro atoms. The quantitative estimate of drug-likeness (QED) is 0.464. The first-order valence-corrected chi connectivity index (χ1v) is 13.6. The van der Waals surface area contributed by atoms with Crippen molar-refractivity contribution in [1.82, 2.24) is 10.2 Å². The van der Waals surface area contributed by atoms with Crippen LogP contribution in [0.4, 0.5) is 5.69 Å². The minimum atomic E-state index is -3.92. The maximum absolute atomic E-state index is 13.6. The van der Waals surface area contributed by atoms with Crippen LogP contribution in [0.2, 0.25) is 15.1 Å². The predicted molar refractivity (Wildman–Crippen MR) is 138 cm³/mol. The van der Waals surface area contributed by atoms with Gasteiger partial charge in [0.1, 0.15) is 12.6 Å². The van der Waals surface area contributed by atoms with Crippen molar-refractivity contribution in [2.24, 2.45) is 0 Å². The van der Waals surface area contributed by atoms with E-state index >= 15 is 0 Å². The summed E-state index contributed by atoms with van der Waals surface area (Å²) in [6, 6.07) is 10.5. The normalized spacial score (nSPS) is 12.4. The fourth-order valence-electron chi connectivity index (χ4n) is 3.39. The first kappa shape index (κ1) is 28.2. The number of benzene rings is 2. The van der Waals surface area contributed by atoms with E-state index in [2.05, 4.69) is 5.32 Å². The van der Waals surface area contributed by atoms with E-state index in [9.17, 15) is 18.0 Å². The largest absolute Gasteiger partial charge is 0.352 e. The Hall–Kier alpha value is -2.00. The number of hydrogen-bond acceptors (Lipinski definition) is 4. The number of anilines is 1. The second kappa shape index (κ2) is 12.1. The van der Waals surface area contributed by atoms with E-state index in [0.29, 0.717) is 17.0 Å². The molecule has 0 saturated heterocycles. The molecule has 0 radical (unpaired) electrons. The molecule has 0 fully saturated rings. The van der Waals surface area contributed by atoms with Crippen molar-refractivity contribution >= 4 is 62.3 Å². The molecule has 0 aliphatic heterocycles. The van der Waals surface area contributed by atoms with Crippen molar-refractivity contribution in [3.63, 3.8) is 0 Å². The standard InChI is InChI=1S/C23H28Cl3N3O4S/c1-5-19(23(31)27-15(2)3)28(13-16-9-6-7-10-17(16)24)21(30)14-29(34(4,32)33)20-12-8-11-18(25)22(20)26/h6-12,15,19H,5,13-14H2,1-4H3,(H,27,31). The smallest absolute Gasteiger partial charge is 0.244 e. The molecule has 0 aromatic heterocycles. The lowest BCUT2D eigenvalue weighted by Crippen LogP contribution is -2.53. The fraction of sp³-hybridized carbons (Fsp3) is 0.391. The molecule has 0 aliphatic carbocycles. The molecule has 7 nitrogen and oxygen atoms in total. The van der Waals surface area contributed by atoms with Gasteiger partial charge in [0.25, 0.3) is 0 Å². The number of hydrogen-bond donors (Lipinski definition) is 1. The molecular formula is C23H28Cl3N3O4S. The van der Waals surface area contributed by atoms with Crippen LogP contribution in [0.15, 0.2) is 42.5 Å². The molecule has 11 heteroatoms. The van der Waals surface area contributed by atoms with E-state index in [4.69, 9.17) is 34.8 Å². The van der Waals surface area contributed by atoms with Gasteiger partial charge in [0.15, 0.2) is 0 Å². The van der Waals surface area contributed by atoms with Gasteiger partial charge < -0.3 is 10.2 Å². The molecule has 1 N–H and O–H groups in total. The highest BCUT2D eigenvalue weighted by Crippen LogP contribution is 2.34. The van der Waals surface area contributed by atoms with Crippen LogP contribution in [0.5, 0.6) is 0 Å². The molecule has 1 unspecified atom stereocenters. The van der Waals surface area contributed by atoms with Gasteiger partial charge in [-0.15, -0.1) is 0 Å². The third kappa shape index (κ3) is 7.25. The second-order valence-corrected chi connectivity index (χ2v) is 11.1. The Balaban J connectivity index is 2.50. The summed E-state index contributed by atoms with van der Waals surface area (Å²) < 4.78 is 26.2. The molecule has 2 aromatic rings. The monoisotopic (exact) mass is 547 g/mol. The lowest BCUT2D eigenvalue weighted by Gasteiger charge is -2.33. The topological polar surface area (TPSA) is 86.8 Å². The summed E-state index contributed by atoms with van der Waals surface area (Å²) in [5, 5.41) is 3.41. The number of amides is 2. The minimum absolute atomic E-state index is 0.00429. The molecule has 2 rings (SSSR count). The summed E-state index contributed by atoms with van der Waals surface area (Å²) >= 11 is 18.7. The van der Waals surface area contributed by atoms with Crippen LogP contribution < -0.4 is 9.62 Å². The minimum Gasteiger partial charge on any atom is -0.352 e. The van der Waals surface area contributed by atoms with Gasteiger partial charge in [-0.2, -0.15) is 0 Å². The molecule has 0 saturated carbocycles. The summed E-state index contributed by atoms with van der Waals surface area (Å²) in [6.07, 6.45) is 1.28. The fourth-order valence-corrected chi connectivity index (χ4v) is 4.89. The molecule has 34 heavy (non-hydrogen) atoms. The summed E-state index contributed by atoms with van der Waals surface area (Å²) in [5.41, 5.74) is 0.697. The van der Waals surface area contributed by atoms with Crippen molar-refractivity contribution in [2.75, 3.05) is 17.1 Å². The Bertz CT molecular complexity index is 1140. The molecule has 0 bridgehead atoms. The summed E-state index contributed by atoms with van der Waals surface area (Å²) in [5.74, 6) is -0.934. The number of rotatable bonds is 10. The lowest BCUT2D eigenvalue weighted by atomic mass is 10.1. The van der Waals surface area contributed by atoms with Crippen molar-refractivity contribution in [2.45, 2.75) is 45.8 Å². The van der Waals surface area contributed by atoms with Gasteiger partial charge in [0.2, 0.25) is 21.8 Å². The van der Waals surface area contributed by atoms with Gasteiger partial charge in [-0.1, -0.05) is 66.0 Å². The van der Waals surface area contributed by atoms with Gasteiger partial charge in [0, 0.05) is 17.6 Å². The lowest BCUT2D eigenvalue weighted by molar-refractivity contribution is -0.140. The second-order valence-electron chi connectivity index (χ2n) is 8.04. The summed E-state index contributed by atoms with van der Waals surface area (Å²) in [6.45, 7) is 4.85. The van der Waals surface area contributed by atoms with Crippen LogP contribution in [-0.2, 0) is 26.2 Å². The third-order valence-electron chi connectivity index (χ3n) is 4.99. The Morgan fingerprint density at radius 3 is 2.18 bits per heavy atom. The molecule has 186 valence electrons. The third-order valence-corrected chi connectivity index (χ3v) is 7.30. The summed E-state index contributed by atoms with van der Waals surface area (Å²) in [4.78, 5) is 27.9. The predicted octanol–water partition coefficient (Wildman–Crippen LogP) is 4.74. The zero-order valence-electron chi connectivity index (χ0n) is 19.4. The van der Waals surface area contributed by atoms with Crippen molar-refractivity contribution in [3.05, 3.63) is 63.1 Å². The van der Waals surface area contributed by atoms with Crippen molar-refractivity contribution in [1.29, 1.82) is 0 Å². The van der Waals surface area contributed by atoms with Crippen molar-refractivity contribution < 1.29 is 18.0 Å². The van der Waals surface area contributed by atoms with E-state index < -0.39 is 28.5 Å². The van der Waals surface area contributed by atoms with E-state index in [1.165, 1.54) is 17.0 Å². The van der Waals surface area contributed by atoms with E-state index in [0.717, 1.165) is 10.6 Å².